The van der Waals surface area contributed by atoms with Gasteiger partial charge in [0, 0.05) is 11.1 Å². The topological polar surface area (TPSA) is 15.3 Å². The van der Waals surface area contributed by atoms with E-state index in [4.69, 9.17) is 11.6 Å². The highest BCUT2D eigenvalue weighted by Gasteiger charge is 2.29. The van der Waals surface area contributed by atoms with Gasteiger partial charge in [-0.2, -0.15) is 0 Å². The highest BCUT2D eigenvalue weighted by molar-refractivity contribution is 6.30. The van der Waals surface area contributed by atoms with Crippen LogP contribution in [0.25, 0.3) is 0 Å². The van der Waals surface area contributed by atoms with Crippen molar-refractivity contribution in [2.75, 3.05) is 27.2 Å². The van der Waals surface area contributed by atoms with Crippen LogP contribution in [0.3, 0.4) is 0 Å². The molecule has 0 saturated heterocycles. The van der Waals surface area contributed by atoms with Crippen LogP contribution in [0.2, 0.25) is 5.02 Å². The first-order chi connectivity index (χ1) is 9.15. The lowest BCUT2D eigenvalue weighted by atomic mass is 9.76. The molecule has 3 heteroatoms. The van der Waals surface area contributed by atoms with Crippen molar-refractivity contribution >= 4 is 11.6 Å². The van der Waals surface area contributed by atoms with Crippen molar-refractivity contribution in [3.63, 3.8) is 0 Å². The van der Waals surface area contributed by atoms with E-state index >= 15 is 0 Å². The summed E-state index contributed by atoms with van der Waals surface area (Å²) >= 11 is 6.03. The monoisotopic (exact) mass is 280 g/mol. The van der Waals surface area contributed by atoms with Crippen molar-refractivity contribution in [3.05, 3.63) is 34.9 Å². The predicted octanol–water partition coefficient (Wildman–Crippen LogP) is 3.52. The van der Waals surface area contributed by atoms with Gasteiger partial charge in [-0.3, -0.25) is 0 Å². The zero-order chi connectivity index (χ0) is 13.7. The predicted molar refractivity (Wildman–Crippen MR) is 83.0 cm³/mol. The van der Waals surface area contributed by atoms with Crippen LogP contribution in [0, 0.1) is 0 Å². The largest absolute Gasteiger partial charge is 0.314 e. The fourth-order valence-corrected chi connectivity index (χ4v) is 2.88. The minimum absolute atomic E-state index is 0.706. The molecule has 1 aromatic carbocycles. The fraction of sp³-hybridized carbons (Fsp3) is 0.625. The number of rotatable bonds is 7. The lowest BCUT2D eigenvalue weighted by Gasteiger charge is -2.36. The van der Waals surface area contributed by atoms with Crippen LogP contribution >= 0.6 is 11.6 Å². The van der Waals surface area contributed by atoms with Crippen LogP contribution in [-0.2, 0) is 0 Å². The number of nitrogens with zero attached hydrogens (tertiary/aromatic N) is 1. The van der Waals surface area contributed by atoms with E-state index in [1.54, 1.807) is 0 Å². The second-order valence-electron chi connectivity index (χ2n) is 5.88. The molecule has 106 valence electrons. The lowest BCUT2D eigenvalue weighted by Crippen LogP contribution is -2.40. The second kappa shape index (κ2) is 7.28. The molecule has 0 aliphatic heterocycles. The maximum atomic E-state index is 6.03. The number of hydrogen-bond donors (Lipinski definition) is 1. The van der Waals surface area contributed by atoms with Crippen molar-refractivity contribution in [1.29, 1.82) is 0 Å². The zero-order valence-electron chi connectivity index (χ0n) is 12.0. The van der Waals surface area contributed by atoms with Gasteiger partial charge in [0.05, 0.1) is 0 Å². The summed E-state index contributed by atoms with van der Waals surface area (Å²) in [6.45, 7) is 2.35. The molecule has 0 bridgehead atoms. The molecule has 0 radical (unpaired) electrons. The smallest absolute Gasteiger partial charge is 0.0408 e. The molecule has 1 aliphatic carbocycles. The summed E-state index contributed by atoms with van der Waals surface area (Å²) < 4.78 is 0. The summed E-state index contributed by atoms with van der Waals surface area (Å²) in [6, 6.07) is 9.02. The molecule has 0 atom stereocenters. The summed E-state index contributed by atoms with van der Waals surface area (Å²) in [5.74, 6) is 0.706. The minimum Gasteiger partial charge on any atom is -0.314 e. The molecule has 1 aliphatic rings. The Balaban J connectivity index is 1.59. The van der Waals surface area contributed by atoms with E-state index in [1.165, 1.54) is 37.8 Å². The Morgan fingerprint density at radius 3 is 2.74 bits per heavy atom. The first-order valence-electron chi connectivity index (χ1n) is 7.28. The van der Waals surface area contributed by atoms with Crippen molar-refractivity contribution in [2.45, 2.75) is 37.6 Å². The number of unbranched alkanes of at least 4 members (excludes halogenated alkanes) is 1. The molecule has 0 aromatic heterocycles. The van der Waals surface area contributed by atoms with Gasteiger partial charge >= 0.3 is 0 Å². The van der Waals surface area contributed by atoms with Gasteiger partial charge in [-0.15, -0.1) is 0 Å². The quantitative estimate of drug-likeness (QED) is 0.769. The Bertz CT molecular complexity index is 386. The van der Waals surface area contributed by atoms with Gasteiger partial charge in [0.2, 0.25) is 0 Å². The number of hydrogen-bond acceptors (Lipinski definition) is 2. The molecule has 2 rings (SSSR count). The molecule has 0 amide bonds. The van der Waals surface area contributed by atoms with Crippen molar-refractivity contribution in [3.8, 4) is 0 Å². The molecule has 1 aromatic rings. The van der Waals surface area contributed by atoms with E-state index in [9.17, 15) is 0 Å². The zero-order valence-corrected chi connectivity index (χ0v) is 12.8. The fourth-order valence-electron chi connectivity index (χ4n) is 2.68. The Morgan fingerprint density at radius 1 is 1.26 bits per heavy atom. The van der Waals surface area contributed by atoms with E-state index in [0.29, 0.717) is 12.0 Å². The number of benzene rings is 1. The molecule has 19 heavy (non-hydrogen) atoms. The molecule has 1 N–H and O–H groups in total. The SMILES string of the molecule is CN(C)CCCCNC1CC(c2cccc(Cl)c2)C1. The molecule has 1 saturated carbocycles. The summed E-state index contributed by atoms with van der Waals surface area (Å²) in [5, 5.41) is 4.51. The standard InChI is InChI=1S/C16H25ClN2/c1-19(2)9-4-3-8-18-16-11-14(12-16)13-6-5-7-15(17)10-13/h5-7,10,14,16,18H,3-4,8-9,11-12H2,1-2H3. The van der Waals surface area contributed by atoms with Crippen LogP contribution < -0.4 is 5.32 Å². The Hall–Kier alpha value is -0.570. The summed E-state index contributed by atoms with van der Waals surface area (Å²) in [6.07, 6.45) is 5.07. The van der Waals surface area contributed by atoms with E-state index in [2.05, 4.69) is 42.5 Å². The lowest BCUT2D eigenvalue weighted by molar-refractivity contribution is 0.287. The summed E-state index contributed by atoms with van der Waals surface area (Å²) in [5.41, 5.74) is 1.40. The Kier molecular flexibility index (Phi) is 5.68. The van der Waals surface area contributed by atoms with E-state index < -0.39 is 0 Å². The van der Waals surface area contributed by atoms with Crippen molar-refractivity contribution in [1.82, 2.24) is 10.2 Å². The molecule has 0 spiro atoms. The highest BCUT2D eigenvalue weighted by Crippen LogP contribution is 2.37. The third-order valence-electron chi connectivity index (χ3n) is 3.92. The number of halogens is 1. The van der Waals surface area contributed by atoms with Crippen LogP contribution in [-0.4, -0.2) is 38.1 Å². The van der Waals surface area contributed by atoms with Gasteiger partial charge in [-0.25, -0.2) is 0 Å². The van der Waals surface area contributed by atoms with Crippen LogP contribution in [0.1, 0.15) is 37.2 Å². The third kappa shape index (κ3) is 4.79. The van der Waals surface area contributed by atoms with E-state index in [1.807, 2.05) is 6.07 Å². The third-order valence-corrected chi connectivity index (χ3v) is 4.16. The van der Waals surface area contributed by atoms with Gasteiger partial charge in [0.25, 0.3) is 0 Å². The maximum Gasteiger partial charge on any atom is 0.0408 e. The average molecular weight is 281 g/mol. The molecule has 2 nitrogen and oxygen atoms in total. The van der Waals surface area contributed by atoms with Crippen molar-refractivity contribution < 1.29 is 0 Å². The average Bonchev–Trinajstić information content (AvgIpc) is 2.30. The molecular formula is C16H25ClN2. The maximum absolute atomic E-state index is 6.03. The highest BCUT2D eigenvalue weighted by atomic mass is 35.5. The van der Waals surface area contributed by atoms with E-state index in [-0.39, 0.29) is 0 Å². The first-order valence-corrected chi connectivity index (χ1v) is 7.66. The van der Waals surface area contributed by atoms with Crippen LogP contribution in [0.15, 0.2) is 24.3 Å². The van der Waals surface area contributed by atoms with Gasteiger partial charge in [0.15, 0.2) is 0 Å². The van der Waals surface area contributed by atoms with Gasteiger partial charge in [-0.1, -0.05) is 23.7 Å². The van der Waals surface area contributed by atoms with Gasteiger partial charge < -0.3 is 10.2 Å². The van der Waals surface area contributed by atoms with Gasteiger partial charge in [-0.05, 0) is 76.5 Å². The Morgan fingerprint density at radius 2 is 2.05 bits per heavy atom. The molecular weight excluding hydrogens is 256 g/mol. The summed E-state index contributed by atoms with van der Waals surface area (Å²) in [4.78, 5) is 2.25. The van der Waals surface area contributed by atoms with Gasteiger partial charge in [0.1, 0.15) is 0 Å². The van der Waals surface area contributed by atoms with E-state index in [0.717, 1.165) is 11.6 Å². The van der Waals surface area contributed by atoms with Crippen LogP contribution in [0.5, 0.6) is 0 Å². The molecule has 0 unspecified atom stereocenters. The van der Waals surface area contributed by atoms with Crippen LogP contribution in [0.4, 0.5) is 0 Å². The normalized spacial score (nSPS) is 22.5. The Labute approximate surface area is 122 Å². The van der Waals surface area contributed by atoms with Crippen molar-refractivity contribution in [2.24, 2.45) is 0 Å². The molecule has 1 fully saturated rings. The minimum atomic E-state index is 0.706. The first kappa shape index (κ1) is 14.8. The molecule has 0 heterocycles. The number of nitrogens with one attached hydrogen (secondary N) is 1. The second-order valence-corrected chi connectivity index (χ2v) is 6.32. The summed E-state index contributed by atoms with van der Waals surface area (Å²) in [7, 11) is 4.27.